The second kappa shape index (κ2) is 7.78. The third-order valence-corrected chi connectivity index (χ3v) is 3.63. The summed E-state index contributed by atoms with van der Waals surface area (Å²) in [6.07, 6.45) is 2.16. The van der Waals surface area contributed by atoms with E-state index in [9.17, 15) is 9.59 Å². The highest BCUT2D eigenvalue weighted by Gasteiger charge is 2.30. The number of methoxy groups -OCH3 is 1. The minimum atomic E-state index is -0.566. The van der Waals surface area contributed by atoms with Crippen molar-refractivity contribution in [2.45, 2.75) is 25.3 Å². The predicted octanol–water partition coefficient (Wildman–Crippen LogP) is 1.50. The minimum Gasteiger partial charge on any atom is -0.385 e. The predicted molar refractivity (Wildman–Crippen MR) is 79.6 cm³/mol. The normalized spacial score (nSPS) is 19.3. The average molecular weight is 290 g/mol. The maximum Gasteiger partial charge on any atom is 0.249 e. The SMILES string of the molecule is COCCCCN1CCC(=O)NC(c2ccccc2)C1=O. The molecule has 1 aromatic carbocycles. The molecule has 0 spiro atoms. The molecule has 1 atom stereocenters. The van der Waals surface area contributed by atoms with Gasteiger partial charge in [0.1, 0.15) is 6.04 Å². The van der Waals surface area contributed by atoms with E-state index in [1.54, 1.807) is 12.0 Å². The van der Waals surface area contributed by atoms with Crippen LogP contribution in [0, 0.1) is 0 Å². The Morgan fingerprint density at radius 1 is 1.24 bits per heavy atom. The maximum absolute atomic E-state index is 12.6. The van der Waals surface area contributed by atoms with Gasteiger partial charge >= 0.3 is 0 Å². The Morgan fingerprint density at radius 2 is 2.00 bits per heavy atom. The summed E-state index contributed by atoms with van der Waals surface area (Å²) >= 11 is 0. The first kappa shape index (κ1) is 15.5. The summed E-state index contributed by atoms with van der Waals surface area (Å²) in [5.74, 6) is -0.0962. The van der Waals surface area contributed by atoms with Crippen LogP contribution in [0.2, 0.25) is 0 Å². The number of nitrogens with zero attached hydrogens (tertiary/aromatic N) is 1. The number of amides is 2. The third kappa shape index (κ3) is 4.29. The van der Waals surface area contributed by atoms with Crippen LogP contribution in [0.15, 0.2) is 30.3 Å². The Bertz CT molecular complexity index is 476. The second-order valence-electron chi connectivity index (χ2n) is 5.19. The first-order chi connectivity index (χ1) is 10.2. The molecule has 0 bridgehead atoms. The zero-order chi connectivity index (χ0) is 15.1. The second-order valence-corrected chi connectivity index (χ2v) is 5.19. The summed E-state index contributed by atoms with van der Waals surface area (Å²) < 4.78 is 5.02. The van der Waals surface area contributed by atoms with Crippen molar-refractivity contribution in [3.05, 3.63) is 35.9 Å². The van der Waals surface area contributed by atoms with Crippen LogP contribution in [-0.2, 0) is 14.3 Å². The molecule has 0 aromatic heterocycles. The number of carbonyl (C=O) groups excluding carboxylic acids is 2. The largest absolute Gasteiger partial charge is 0.385 e. The number of benzene rings is 1. The summed E-state index contributed by atoms with van der Waals surface area (Å²) in [7, 11) is 1.67. The number of unbranched alkanes of at least 4 members (excludes halogenated alkanes) is 1. The highest BCUT2D eigenvalue weighted by atomic mass is 16.5. The van der Waals surface area contributed by atoms with Crippen LogP contribution in [0.4, 0.5) is 0 Å². The van der Waals surface area contributed by atoms with E-state index in [4.69, 9.17) is 4.74 Å². The molecule has 1 N–H and O–H groups in total. The molecule has 5 nitrogen and oxygen atoms in total. The van der Waals surface area contributed by atoms with Gasteiger partial charge in [0.25, 0.3) is 0 Å². The van der Waals surface area contributed by atoms with E-state index in [2.05, 4.69) is 5.32 Å². The fourth-order valence-corrected chi connectivity index (χ4v) is 2.47. The Balaban J connectivity index is 2.05. The molecule has 0 radical (unpaired) electrons. The molecule has 0 aliphatic carbocycles. The lowest BCUT2D eigenvalue weighted by atomic mass is 10.1. The van der Waals surface area contributed by atoms with Gasteiger partial charge in [-0.05, 0) is 18.4 Å². The van der Waals surface area contributed by atoms with Gasteiger partial charge < -0.3 is 15.0 Å². The Hall–Kier alpha value is -1.88. The van der Waals surface area contributed by atoms with Gasteiger partial charge in [0.2, 0.25) is 11.8 Å². The van der Waals surface area contributed by atoms with Gasteiger partial charge in [-0.25, -0.2) is 0 Å². The molecule has 21 heavy (non-hydrogen) atoms. The first-order valence-corrected chi connectivity index (χ1v) is 7.34. The molecule has 1 aromatic rings. The summed E-state index contributed by atoms with van der Waals surface area (Å²) in [5, 5.41) is 2.82. The van der Waals surface area contributed by atoms with Crippen molar-refractivity contribution in [1.29, 1.82) is 0 Å². The van der Waals surface area contributed by atoms with Gasteiger partial charge in [-0.2, -0.15) is 0 Å². The molecule has 2 rings (SSSR count). The number of nitrogens with one attached hydrogen (secondary N) is 1. The van der Waals surface area contributed by atoms with Crippen LogP contribution >= 0.6 is 0 Å². The monoisotopic (exact) mass is 290 g/mol. The lowest BCUT2D eigenvalue weighted by Gasteiger charge is -2.24. The fraction of sp³-hybridized carbons (Fsp3) is 0.500. The molecule has 1 aliphatic heterocycles. The van der Waals surface area contributed by atoms with Gasteiger partial charge in [-0.3, -0.25) is 9.59 Å². The first-order valence-electron chi connectivity index (χ1n) is 7.34. The molecule has 0 saturated carbocycles. The molecule has 1 fully saturated rings. The maximum atomic E-state index is 12.6. The minimum absolute atomic E-state index is 0.0236. The molecule has 1 saturated heterocycles. The summed E-state index contributed by atoms with van der Waals surface area (Å²) in [6, 6.07) is 8.83. The van der Waals surface area contributed by atoms with Crippen LogP contribution in [0.1, 0.15) is 30.9 Å². The fourth-order valence-electron chi connectivity index (χ4n) is 2.47. The van der Waals surface area contributed by atoms with E-state index in [-0.39, 0.29) is 11.8 Å². The summed E-state index contributed by atoms with van der Waals surface area (Å²) in [5.41, 5.74) is 0.833. The van der Waals surface area contributed by atoms with Crippen molar-refractivity contribution in [1.82, 2.24) is 10.2 Å². The van der Waals surface area contributed by atoms with Crippen LogP contribution in [0.3, 0.4) is 0 Å². The highest BCUT2D eigenvalue weighted by Crippen LogP contribution is 2.19. The quantitative estimate of drug-likeness (QED) is 0.808. The molecular weight excluding hydrogens is 268 g/mol. The number of hydrogen-bond donors (Lipinski definition) is 1. The van der Waals surface area contributed by atoms with Crippen molar-refractivity contribution >= 4 is 11.8 Å². The zero-order valence-corrected chi connectivity index (χ0v) is 12.4. The van der Waals surface area contributed by atoms with E-state index in [0.717, 1.165) is 18.4 Å². The van der Waals surface area contributed by atoms with E-state index >= 15 is 0 Å². The van der Waals surface area contributed by atoms with Crippen molar-refractivity contribution in [2.75, 3.05) is 26.8 Å². The molecule has 5 heteroatoms. The van der Waals surface area contributed by atoms with Gasteiger partial charge in [0.15, 0.2) is 0 Å². The van der Waals surface area contributed by atoms with Gasteiger partial charge in [-0.15, -0.1) is 0 Å². The Morgan fingerprint density at radius 3 is 2.71 bits per heavy atom. The van der Waals surface area contributed by atoms with Crippen LogP contribution in [-0.4, -0.2) is 43.5 Å². The van der Waals surface area contributed by atoms with E-state index in [1.165, 1.54) is 0 Å². The molecular formula is C16H22N2O3. The molecule has 1 unspecified atom stereocenters. The van der Waals surface area contributed by atoms with Crippen molar-refractivity contribution in [3.8, 4) is 0 Å². The molecule has 1 aliphatic rings. The lowest BCUT2D eigenvalue weighted by molar-refractivity contribution is -0.133. The van der Waals surface area contributed by atoms with Crippen molar-refractivity contribution in [2.24, 2.45) is 0 Å². The molecule has 2 amide bonds. The number of rotatable bonds is 6. The highest BCUT2D eigenvalue weighted by molar-refractivity contribution is 5.90. The average Bonchev–Trinajstić information content (AvgIpc) is 2.65. The van der Waals surface area contributed by atoms with E-state index < -0.39 is 6.04 Å². The standard InChI is InChI=1S/C16H22N2O3/c1-21-12-6-5-10-18-11-9-14(19)17-15(16(18)20)13-7-3-2-4-8-13/h2-4,7-8,15H,5-6,9-12H2,1H3,(H,17,19). The van der Waals surface area contributed by atoms with Crippen LogP contribution in [0.25, 0.3) is 0 Å². The van der Waals surface area contributed by atoms with Gasteiger partial charge in [0, 0.05) is 33.2 Å². The van der Waals surface area contributed by atoms with E-state index in [0.29, 0.717) is 26.1 Å². The number of ether oxygens (including phenoxy) is 1. The lowest BCUT2D eigenvalue weighted by Crippen LogP contribution is -2.39. The Kier molecular flexibility index (Phi) is 5.75. The third-order valence-electron chi connectivity index (χ3n) is 3.63. The zero-order valence-electron chi connectivity index (χ0n) is 12.4. The van der Waals surface area contributed by atoms with Crippen LogP contribution in [0.5, 0.6) is 0 Å². The Labute approximate surface area is 125 Å². The van der Waals surface area contributed by atoms with Crippen molar-refractivity contribution < 1.29 is 14.3 Å². The topological polar surface area (TPSA) is 58.6 Å². The van der Waals surface area contributed by atoms with Crippen LogP contribution < -0.4 is 5.32 Å². The summed E-state index contributed by atoms with van der Waals surface area (Å²) in [6.45, 7) is 1.85. The van der Waals surface area contributed by atoms with E-state index in [1.807, 2.05) is 30.3 Å². The van der Waals surface area contributed by atoms with Crippen molar-refractivity contribution in [3.63, 3.8) is 0 Å². The molecule has 114 valence electrons. The number of carbonyl (C=O) groups is 2. The van der Waals surface area contributed by atoms with Gasteiger partial charge in [0.05, 0.1) is 0 Å². The van der Waals surface area contributed by atoms with Gasteiger partial charge in [-0.1, -0.05) is 30.3 Å². The smallest absolute Gasteiger partial charge is 0.249 e. The molecule has 1 heterocycles. The number of hydrogen-bond acceptors (Lipinski definition) is 3. The summed E-state index contributed by atoms with van der Waals surface area (Å²) in [4.78, 5) is 26.2.